The third kappa shape index (κ3) is 2.78. The lowest BCUT2D eigenvalue weighted by atomic mass is 10.1. The summed E-state index contributed by atoms with van der Waals surface area (Å²) in [6.07, 6.45) is 1.44. The van der Waals surface area contributed by atoms with Crippen LogP contribution < -0.4 is 0 Å². The highest BCUT2D eigenvalue weighted by molar-refractivity contribution is 5.76. The first-order valence-electron chi connectivity index (χ1n) is 5.30. The third-order valence-electron chi connectivity index (χ3n) is 2.17. The number of rotatable bonds is 5. The fourth-order valence-electron chi connectivity index (χ4n) is 1.32. The summed E-state index contributed by atoms with van der Waals surface area (Å²) in [6, 6.07) is 0. The number of aromatic nitrogens is 3. The predicted molar refractivity (Wildman–Crippen MR) is 55.4 cm³/mol. The molecule has 5 heteroatoms. The number of carbonyl (C=O) groups excluding carboxylic acids is 1. The Kier molecular flexibility index (Phi) is 4.27. The van der Waals surface area contributed by atoms with E-state index < -0.39 is 0 Å². The lowest BCUT2D eigenvalue weighted by molar-refractivity contribution is -0.145. The van der Waals surface area contributed by atoms with Crippen molar-refractivity contribution in [1.82, 2.24) is 15.2 Å². The van der Waals surface area contributed by atoms with Gasteiger partial charge in [-0.2, -0.15) is 5.10 Å². The molecule has 1 aromatic rings. The van der Waals surface area contributed by atoms with Crippen LogP contribution in [-0.4, -0.2) is 27.8 Å². The van der Waals surface area contributed by atoms with Crippen LogP contribution in [0.25, 0.3) is 0 Å². The number of nitrogens with zero attached hydrogens (tertiary/aromatic N) is 2. The predicted octanol–water partition coefficient (Wildman–Crippen LogP) is 1.42. The van der Waals surface area contributed by atoms with E-state index in [4.69, 9.17) is 4.74 Å². The topological polar surface area (TPSA) is 67.9 Å². The Hall–Kier alpha value is -1.39. The minimum absolute atomic E-state index is 0.248. The average molecular weight is 211 g/mol. The summed E-state index contributed by atoms with van der Waals surface area (Å²) in [5.74, 6) is 0.740. The summed E-state index contributed by atoms with van der Waals surface area (Å²) in [5.41, 5.74) is 0. The molecule has 0 aliphatic heterocycles. The lowest BCUT2D eigenvalue weighted by Gasteiger charge is -2.08. The largest absolute Gasteiger partial charge is 0.465 e. The van der Waals surface area contributed by atoms with E-state index in [2.05, 4.69) is 15.2 Å². The molecule has 0 saturated heterocycles. The Morgan fingerprint density at radius 2 is 2.20 bits per heavy atom. The van der Waals surface area contributed by atoms with Gasteiger partial charge < -0.3 is 4.74 Å². The molecule has 1 rings (SSSR count). The van der Waals surface area contributed by atoms with E-state index in [-0.39, 0.29) is 11.9 Å². The summed E-state index contributed by atoms with van der Waals surface area (Å²) in [5, 5.41) is 6.82. The number of esters is 1. The molecule has 0 saturated carbocycles. The van der Waals surface area contributed by atoms with Gasteiger partial charge in [-0.3, -0.25) is 9.89 Å². The maximum absolute atomic E-state index is 11.6. The fourth-order valence-corrected chi connectivity index (χ4v) is 1.32. The van der Waals surface area contributed by atoms with Gasteiger partial charge in [0.1, 0.15) is 11.7 Å². The molecule has 15 heavy (non-hydrogen) atoms. The van der Waals surface area contributed by atoms with Gasteiger partial charge in [-0.1, -0.05) is 13.8 Å². The standard InChI is InChI=1S/C10H17N3O2/c1-4-7(10(14)15-6-3)9-11-8(5-2)12-13-9/h7H,4-6H2,1-3H3,(H,11,12,13). The van der Waals surface area contributed by atoms with E-state index >= 15 is 0 Å². The van der Waals surface area contributed by atoms with Crippen LogP contribution in [0.1, 0.15) is 44.8 Å². The Morgan fingerprint density at radius 3 is 2.67 bits per heavy atom. The van der Waals surface area contributed by atoms with Crippen molar-refractivity contribution >= 4 is 5.97 Å². The van der Waals surface area contributed by atoms with Crippen LogP contribution in [0, 0.1) is 0 Å². The normalized spacial score (nSPS) is 12.5. The van der Waals surface area contributed by atoms with Crippen molar-refractivity contribution in [3.8, 4) is 0 Å². The second-order valence-corrected chi connectivity index (χ2v) is 3.21. The van der Waals surface area contributed by atoms with E-state index in [0.29, 0.717) is 18.9 Å². The molecule has 84 valence electrons. The Labute approximate surface area is 89.2 Å². The summed E-state index contributed by atoms with van der Waals surface area (Å²) >= 11 is 0. The van der Waals surface area contributed by atoms with Crippen molar-refractivity contribution in [1.29, 1.82) is 0 Å². The van der Waals surface area contributed by atoms with Crippen LogP contribution in [-0.2, 0) is 16.0 Å². The second kappa shape index (κ2) is 5.48. The molecule has 0 fully saturated rings. The van der Waals surface area contributed by atoms with Gasteiger partial charge in [0, 0.05) is 6.42 Å². The lowest BCUT2D eigenvalue weighted by Crippen LogP contribution is -2.16. The number of aryl methyl sites for hydroxylation is 1. The van der Waals surface area contributed by atoms with E-state index in [1.165, 1.54) is 0 Å². The first-order valence-corrected chi connectivity index (χ1v) is 5.30. The number of ether oxygens (including phenoxy) is 1. The quantitative estimate of drug-likeness (QED) is 0.748. The van der Waals surface area contributed by atoms with Gasteiger partial charge in [-0.05, 0) is 13.3 Å². The van der Waals surface area contributed by atoms with Crippen molar-refractivity contribution in [2.75, 3.05) is 6.61 Å². The minimum atomic E-state index is -0.346. The Balaban J connectivity index is 2.77. The Morgan fingerprint density at radius 1 is 1.47 bits per heavy atom. The highest BCUT2D eigenvalue weighted by Crippen LogP contribution is 2.17. The van der Waals surface area contributed by atoms with Gasteiger partial charge in [0.05, 0.1) is 6.61 Å². The molecule has 0 amide bonds. The molecular formula is C10H17N3O2. The van der Waals surface area contributed by atoms with Gasteiger partial charge in [-0.15, -0.1) is 0 Å². The number of nitrogens with one attached hydrogen (secondary N) is 1. The smallest absolute Gasteiger partial charge is 0.316 e. The van der Waals surface area contributed by atoms with Crippen LogP contribution in [0.3, 0.4) is 0 Å². The van der Waals surface area contributed by atoms with Gasteiger partial charge in [0.15, 0.2) is 5.82 Å². The van der Waals surface area contributed by atoms with Crippen molar-refractivity contribution in [2.24, 2.45) is 0 Å². The summed E-state index contributed by atoms with van der Waals surface area (Å²) < 4.78 is 4.96. The zero-order valence-corrected chi connectivity index (χ0v) is 9.41. The van der Waals surface area contributed by atoms with E-state index in [0.717, 1.165) is 12.2 Å². The van der Waals surface area contributed by atoms with Crippen molar-refractivity contribution in [3.63, 3.8) is 0 Å². The summed E-state index contributed by atoms with van der Waals surface area (Å²) in [4.78, 5) is 15.8. The summed E-state index contributed by atoms with van der Waals surface area (Å²) in [6.45, 7) is 6.08. The molecule has 0 spiro atoms. The molecule has 1 aromatic heterocycles. The molecule has 0 aromatic carbocycles. The van der Waals surface area contributed by atoms with Crippen LogP contribution in [0.15, 0.2) is 0 Å². The van der Waals surface area contributed by atoms with Gasteiger partial charge in [0.2, 0.25) is 0 Å². The first-order chi connectivity index (χ1) is 7.22. The van der Waals surface area contributed by atoms with E-state index in [1.807, 2.05) is 13.8 Å². The molecule has 0 aliphatic rings. The molecule has 1 N–H and O–H groups in total. The van der Waals surface area contributed by atoms with Crippen LogP contribution in [0.4, 0.5) is 0 Å². The monoisotopic (exact) mass is 211 g/mol. The zero-order chi connectivity index (χ0) is 11.3. The number of carbonyl (C=O) groups is 1. The number of aromatic amines is 1. The summed E-state index contributed by atoms with van der Waals surface area (Å²) in [7, 11) is 0. The van der Waals surface area contributed by atoms with Crippen LogP contribution >= 0.6 is 0 Å². The molecule has 1 heterocycles. The van der Waals surface area contributed by atoms with Crippen LogP contribution in [0.5, 0.6) is 0 Å². The number of hydrogen-bond acceptors (Lipinski definition) is 4. The van der Waals surface area contributed by atoms with Crippen molar-refractivity contribution in [3.05, 3.63) is 11.6 Å². The fraction of sp³-hybridized carbons (Fsp3) is 0.700. The van der Waals surface area contributed by atoms with Gasteiger partial charge >= 0.3 is 5.97 Å². The Bertz CT molecular complexity index is 322. The molecule has 1 atom stereocenters. The SMILES string of the molecule is CCOC(=O)C(CC)c1n[nH]c(CC)n1. The molecular weight excluding hydrogens is 194 g/mol. The number of hydrogen-bond donors (Lipinski definition) is 1. The second-order valence-electron chi connectivity index (χ2n) is 3.21. The molecule has 0 radical (unpaired) electrons. The average Bonchev–Trinajstić information content (AvgIpc) is 2.68. The maximum Gasteiger partial charge on any atom is 0.316 e. The van der Waals surface area contributed by atoms with E-state index in [9.17, 15) is 4.79 Å². The van der Waals surface area contributed by atoms with Crippen molar-refractivity contribution < 1.29 is 9.53 Å². The highest BCUT2D eigenvalue weighted by atomic mass is 16.5. The number of H-pyrrole nitrogens is 1. The van der Waals surface area contributed by atoms with Gasteiger partial charge in [0.25, 0.3) is 0 Å². The highest BCUT2D eigenvalue weighted by Gasteiger charge is 2.23. The molecule has 0 bridgehead atoms. The first kappa shape index (κ1) is 11.7. The van der Waals surface area contributed by atoms with Gasteiger partial charge in [-0.25, -0.2) is 4.98 Å². The molecule has 5 nitrogen and oxygen atoms in total. The van der Waals surface area contributed by atoms with Crippen molar-refractivity contribution in [2.45, 2.75) is 39.5 Å². The van der Waals surface area contributed by atoms with Crippen LogP contribution in [0.2, 0.25) is 0 Å². The minimum Gasteiger partial charge on any atom is -0.465 e. The maximum atomic E-state index is 11.6. The third-order valence-corrected chi connectivity index (χ3v) is 2.17. The molecule has 1 unspecified atom stereocenters. The molecule has 0 aliphatic carbocycles. The zero-order valence-electron chi connectivity index (χ0n) is 9.41. The van der Waals surface area contributed by atoms with E-state index in [1.54, 1.807) is 6.92 Å².